The molecule has 0 radical (unpaired) electrons. The maximum Gasteiger partial charge on any atom is 0.118 e. The maximum absolute atomic E-state index is 9.65. The number of thiocarbonyl (C=S) groups is 1. The lowest BCUT2D eigenvalue weighted by atomic mass is 9.96. The Bertz CT molecular complexity index is 363. The largest absolute Gasteiger partial charge is 0.508 e. The number of aromatic hydroxyl groups is 1. The van der Waals surface area contributed by atoms with E-state index in [0.717, 1.165) is 24.0 Å². The first kappa shape index (κ1) is 12.0. The monoisotopic (exact) mass is 223 g/mol. The number of hydrogen-bond donors (Lipinski definition) is 2. The van der Waals surface area contributed by atoms with Gasteiger partial charge in [0.2, 0.25) is 0 Å². The van der Waals surface area contributed by atoms with Crippen molar-refractivity contribution in [3.8, 4) is 5.75 Å². The average molecular weight is 223 g/mol. The summed E-state index contributed by atoms with van der Waals surface area (Å²) in [5.41, 5.74) is 7.61. The first-order valence-electron chi connectivity index (χ1n) is 5.06. The molecule has 2 nitrogen and oxygen atoms in total. The van der Waals surface area contributed by atoms with Crippen molar-refractivity contribution in [2.45, 2.75) is 26.7 Å². The maximum atomic E-state index is 9.65. The van der Waals surface area contributed by atoms with Crippen LogP contribution < -0.4 is 5.73 Å². The van der Waals surface area contributed by atoms with Gasteiger partial charge in [-0.15, -0.1) is 0 Å². The molecule has 1 unspecified atom stereocenters. The van der Waals surface area contributed by atoms with Crippen molar-refractivity contribution < 1.29 is 5.11 Å². The fourth-order valence-electron chi connectivity index (χ4n) is 1.67. The lowest BCUT2D eigenvalue weighted by Gasteiger charge is -2.12. The molecule has 0 amide bonds. The molecule has 15 heavy (non-hydrogen) atoms. The van der Waals surface area contributed by atoms with Crippen LogP contribution in [0.15, 0.2) is 18.2 Å². The fourth-order valence-corrected chi connectivity index (χ4v) is 1.95. The van der Waals surface area contributed by atoms with Gasteiger partial charge in [0.15, 0.2) is 0 Å². The Hall–Kier alpha value is -1.09. The highest BCUT2D eigenvalue weighted by Crippen LogP contribution is 2.22. The summed E-state index contributed by atoms with van der Waals surface area (Å²) in [6.07, 6.45) is 1.54. The smallest absolute Gasteiger partial charge is 0.118 e. The number of nitrogens with two attached hydrogens (primary N) is 1. The molecule has 1 atom stereocenters. The van der Waals surface area contributed by atoms with Gasteiger partial charge in [0.25, 0.3) is 0 Å². The molecule has 3 N–H and O–H groups in total. The number of aryl methyl sites for hydroxylation is 1. The minimum absolute atomic E-state index is 0.357. The summed E-state index contributed by atoms with van der Waals surface area (Å²) in [4.78, 5) is 0.537. The van der Waals surface area contributed by atoms with Gasteiger partial charge in [-0.1, -0.05) is 36.8 Å². The van der Waals surface area contributed by atoms with Crippen LogP contribution in [0.25, 0.3) is 0 Å². The van der Waals surface area contributed by atoms with Gasteiger partial charge in [-0.05, 0) is 30.9 Å². The molecule has 0 spiro atoms. The molecule has 0 heterocycles. The van der Waals surface area contributed by atoms with Crippen LogP contribution in [-0.2, 0) is 6.42 Å². The van der Waals surface area contributed by atoms with Crippen LogP contribution in [0.4, 0.5) is 0 Å². The third-order valence-electron chi connectivity index (χ3n) is 2.35. The molecule has 3 heteroatoms. The van der Waals surface area contributed by atoms with Crippen molar-refractivity contribution in [3.05, 3.63) is 29.3 Å². The van der Waals surface area contributed by atoms with Crippen molar-refractivity contribution in [2.24, 2.45) is 11.7 Å². The van der Waals surface area contributed by atoms with Gasteiger partial charge >= 0.3 is 0 Å². The Morgan fingerprint density at radius 1 is 1.53 bits per heavy atom. The summed E-state index contributed by atoms with van der Waals surface area (Å²) >= 11 is 4.86. The second-order valence-corrected chi connectivity index (χ2v) is 4.64. The average Bonchev–Trinajstić information content (AvgIpc) is 2.10. The normalized spacial score (nSPS) is 12.4. The number of benzene rings is 1. The Balaban J connectivity index is 2.71. The predicted molar refractivity (Wildman–Crippen MR) is 67.1 cm³/mol. The molecule has 0 fully saturated rings. The van der Waals surface area contributed by atoms with Gasteiger partial charge < -0.3 is 10.8 Å². The topological polar surface area (TPSA) is 46.2 Å². The third kappa shape index (κ3) is 3.88. The highest BCUT2D eigenvalue weighted by molar-refractivity contribution is 7.80. The van der Waals surface area contributed by atoms with Crippen LogP contribution in [0.5, 0.6) is 5.75 Å². The van der Waals surface area contributed by atoms with Gasteiger partial charge in [-0.25, -0.2) is 0 Å². The van der Waals surface area contributed by atoms with E-state index in [1.165, 1.54) is 0 Å². The summed E-state index contributed by atoms with van der Waals surface area (Å²) in [6.45, 7) is 4.10. The minimum Gasteiger partial charge on any atom is -0.508 e. The second-order valence-electron chi connectivity index (χ2n) is 4.11. The van der Waals surface area contributed by atoms with Gasteiger partial charge in [-0.2, -0.15) is 0 Å². The summed E-state index contributed by atoms with van der Waals surface area (Å²) in [7, 11) is 0. The Labute approximate surface area is 96.1 Å². The fraction of sp³-hybridized carbons (Fsp3) is 0.417. The van der Waals surface area contributed by atoms with E-state index >= 15 is 0 Å². The summed E-state index contributed by atoms with van der Waals surface area (Å²) in [5, 5.41) is 9.65. The molecule has 1 aromatic rings. The summed E-state index contributed by atoms with van der Waals surface area (Å²) in [6, 6.07) is 5.64. The van der Waals surface area contributed by atoms with Crippen molar-refractivity contribution in [1.82, 2.24) is 0 Å². The molecule has 0 aliphatic rings. The molecule has 0 saturated carbocycles. The van der Waals surface area contributed by atoms with Crippen molar-refractivity contribution in [2.75, 3.05) is 0 Å². The van der Waals surface area contributed by atoms with Gasteiger partial charge in [-0.3, -0.25) is 0 Å². The van der Waals surface area contributed by atoms with E-state index in [1.54, 1.807) is 6.07 Å². The van der Waals surface area contributed by atoms with Crippen molar-refractivity contribution in [1.29, 1.82) is 0 Å². The molecule has 0 aromatic heterocycles. The van der Waals surface area contributed by atoms with Crippen molar-refractivity contribution >= 4 is 17.2 Å². The highest BCUT2D eigenvalue weighted by Gasteiger charge is 2.08. The standard InChI is InChI=1S/C12H17NOS/c1-8-3-4-11(14)10(5-8)6-9(2)7-12(13)15/h3-5,9,14H,6-7H2,1-2H3,(H2,13,15). The zero-order valence-corrected chi connectivity index (χ0v) is 9.97. The van der Waals surface area contributed by atoms with Gasteiger partial charge in [0.05, 0.1) is 4.99 Å². The van der Waals surface area contributed by atoms with Crippen molar-refractivity contribution in [3.63, 3.8) is 0 Å². The zero-order chi connectivity index (χ0) is 11.4. The van der Waals surface area contributed by atoms with Crippen LogP contribution in [0.3, 0.4) is 0 Å². The Morgan fingerprint density at radius 3 is 2.80 bits per heavy atom. The molecule has 0 bridgehead atoms. The van der Waals surface area contributed by atoms with E-state index in [1.807, 2.05) is 19.1 Å². The predicted octanol–water partition coefficient (Wildman–Crippen LogP) is 2.56. The number of phenolic OH excluding ortho intramolecular Hbond substituents is 1. The lowest BCUT2D eigenvalue weighted by molar-refractivity contribution is 0.460. The molecule has 0 saturated heterocycles. The second kappa shape index (κ2) is 5.12. The first-order valence-corrected chi connectivity index (χ1v) is 5.46. The van der Waals surface area contributed by atoms with E-state index in [0.29, 0.717) is 16.7 Å². The van der Waals surface area contributed by atoms with Gasteiger partial charge in [0.1, 0.15) is 5.75 Å². The van der Waals surface area contributed by atoms with Crippen LogP contribution in [0.2, 0.25) is 0 Å². The Kier molecular flexibility index (Phi) is 4.09. The molecule has 82 valence electrons. The Morgan fingerprint density at radius 2 is 2.20 bits per heavy atom. The lowest BCUT2D eigenvalue weighted by Crippen LogP contribution is -2.14. The van der Waals surface area contributed by atoms with E-state index in [-0.39, 0.29) is 0 Å². The van der Waals surface area contributed by atoms with E-state index in [4.69, 9.17) is 18.0 Å². The number of rotatable bonds is 4. The first-order chi connectivity index (χ1) is 6.99. The quantitative estimate of drug-likeness (QED) is 0.771. The SMILES string of the molecule is Cc1ccc(O)c(CC(C)CC(N)=S)c1. The molecular formula is C12H17NOS. The van der Waals surface area contributed by atoms with Crippen LogP contribution in [-0.4, -0.2) is 10.1 Å². The molecule has 1 aromatic carbocycles. The van der Waals surface area contributed by atoms with Crippen LogP contribution in [0.1, 0.15) is 24.5 Å². The highest BCUT2D eigenvalue weighted by atomic mass is 32.1. The summed E-state index contributed by atoms with van der Waals surface area (Å²) < 4.78 is 0. The van der Waals surface area contributed by atoms with E-state index < -0.39 is 0 Å². The van der Waals surface area contributed by atoms with Crippen LogP contribution in [0, 0.1) is 12.8 Å². The zero-order valence-electron chi connectivity index (χ0n) is 9.16. The van der Waals surface area contributed by atoms with Crippen LogP contribution >= 0.6 is 12.2 Å². The molecule has 0 aliphatic carbocycles. The minimum atomic E-state index is 0.357. The van der Waals surface area contributed by atoms with Gasteiger partial charge in [0, 0.05) is 6.42 Å². The third-order valence-corrected chi connectivity index (χ3v) is 2.52. The summed E-state index contributed by atoms with van der Waals surface area (Å²) in [5.74, 6) is 0.727. The number of phenols is 1. The number of hydrogen-bond acceptors (Lipinski definition) is 2. The molecular weight excluding hydrogens is 206 g/mol. The molecule has 1 rings (SSSR count). The van der Waals surface area contributed by atoms with E-state index in [9.17, 15) is 5.11 Å². The van der Waals surface area contributed by atoms with E-state index in [2.05, 4.69) is 6.92 Å². The molecule has 0 aliphatic heterocycles.